The summed E-state index contributed by atoms with van der Waals surface area (Å²) in [6.07, 6.45) is -0.497. The van der Waals surface area contributed by atoms with Crippen LogP contribution in [0.5, 0.6) is 0 Å². The molecule has 0 aliphatic carbocycles. The van der Waals surface area contributed by atoms with Gasteiger partial charge in [-0.25, -0.2) is 5.90 Å². The minimum Gasteiger partial charge on any atom is -0.393 e. The van der Waals surface area contributed by atoms with Gasteiger partial charge in [-0.1, -0.05) is 23.7 Å². The molecule has 3 nitrogen and oxygen atoms in total. The van der Waals surface area contributed by atoms with E-state index >= 15 is 0 Å². The fraction of sp³-hybridized carbons (Fsp3) is 0.250. The van der Waals surface area contributed by atoms with E-state index in [9.17, 15) is 0 Å². The van der Waals surface area contributed by atoms with Gasteiger partial charge in [0.1, 0.15) is 6.10 Å². The van der Waals surface area contributed by atoms with E-state index in [0.29, 0.717) is 5.02 Å². The summed E-state index contributed by atoms with van der Waals surface area (Å²) in [4.78, 5) is 4.53. The topological polar surface area (TPSA) is 55.5 Å². The molecular formula is C8H10ClNO2. The van der Waals surface area contributed by atoms with Crippen LogP contribution in [-0.2, 0) is 4.84 Å². The fourth-order valence-corrected chi connectivity index (χ4v) is 1.13. The summed E-state index contributed by atoms with van der Waals surface area (Å²) in [5.41, 5.74) is 0.771. The molecular weight excluding hydrogens is 178 g/mol. The maximum absolute atomic E-state index is 8.82. The van der Waals surface area contributed by atoms with Crippen LogP contribution < -0.4 is 5.90 Å². The smallest absolute Gasteiger partial charge is 0.127 e. The third-order valence-electron chi connectivity index (χ3n) is 1.55. The van der Waals surface area contributed by atoms with Gasteiger partial charge < -0.3 is 5.11 Å². The number of aliphatic hydroxyl groups is 1. The molecule has 0 radical (unpaired) electrons. The first-order chi connectivity index (χ1) is 5.77. The number of benzene rings is 1. The minimum absolute atomic E-state index is 0.156. The summed E-state index contributed by atoms with van der Waals surface area (Å²) in [5, 5.41) is 9.42. The van der Waals surface area contributed by atoms with Crippen molar-refractivity contribution in [1.82, 2.24) is 0 Å². The molecule has 0 aromatic heterocycles. The minimum atomic E-state index is -0.497. The fourth-order valence-electron chi connectivity index (χ4n) is 0.934. The highest BCUT2D eigenvalue weighted by Gasteiger charge is 2.08. The Morgan fingerprint density at radius 3 is 2.83 bits per heavy atom. The van der Waals surface area contributed by atoms with E-state index in [-0.39, 0.29) is 6.61 Å². The molecule has 0 fully saturated rings. The molecule has 4 heteroatoms. The van der Waals surface area contributed by atoms with Gasteiger partial charge in [0.2, 0.25) is 0 Å². The zero-order chi connectivity index (χ0) is 8.97. The number of rotatable bonds is 3. The highest BCUT2D eigenvalue weighted by atomic mass is 35.5. The Labute approximate surface area is 75.7 Å². The quantitative estimate of drug-likeness (QED) is 0.701. The molecule has 1 aromatic carbocycles. The van der Waals surface area contributed by atoms with Gasteiger partial charge >= 0.3 is 0 Å². The summed E-state index contributed by atoms with van der Waals surface area (Å²) in [6, 6.07) is 7.02. The first kappa shape index (κ1) is 9.48. The number of halogens is 1. The van der Waals surface area contributed by atoms with Crippen molar-refractivity contribution in [2.45, 2.75) is 6.10 Å². The number of nitrogens with two attached hydrogens (primary N) is 1. The zero-order valence-electron chi connectivity index (χ0n) is 6.40. The van der Waals surface area contributed by atoms with Crippen molar-refractivity contribution < 1.29 is 9.94 Å². The van der Waals surface area contributed by atoms with Gasteiger partial charge in [-0.15, -0.1) is 0 Å². The van der Waals surface area contributed by atoms with Gasteiger partial charge in [-0.3, -0.25) is 4.84 Å². The molecule has 0 saturated carbocycles. The van der Waals surface area contributed by atoms with Crippen molar-refractivity contribution in [1.29, 1.82) is 0 Å². The number of hydrogen-bond donors (Lipinski definition) is 2. The average Bonchev–Trinajstić information content (AvgIpc) is 2.07. The van der Waals surface area contributed by atoms with Gasteiger partial charge in [0, 0.05) is 5.02 Å². The highest BCUT2D eigenvalue weighted by molar-refractivity contribution is 6.30. The monoisotopic (exact) mass is 187 g/mol. The van der Waals surface area contributed by atoms with E-state index in [1.165, 1.54) is 0 Å². The van der Waals surface area contributed by atoms with Gasteiger partial charge in [0.15, 0.2) is 0 Å². The van der Waals surface area contributed by atoms with E-state index in [4.69, 9.17) is 22.6 Å². The van der Waals surface area contributed by atoms with Crippen LogP contribution in [0.1, 0.15) is 11.7 Å². The Balaban J connectivity index is 2.85. The Morgan fingerprint density at radius 2 is 2.33 bits per heavy atom. The maximum atomic E-state index is 8.82. The van der Waals surface area contributed by atoms with Crippen LogP contribution in [-0.4, -0.2) is 11.7 Å². The van der Waals surface area contributed by atoms with E-state index in [0.717, 1.165) is 5.56 Å². The maximum Gasteiger partial charge on any atom is 0.127 e. The molecule has 3 N–H and O–H groups in total. The molecule has 0 aliphatic heterocycles. The Morgan fingerprint density at radius 1 is 1.58 bits per heavy atom. The molecule has 0 amide bonds. The normalized spacial score (nSPS) is 12.9. The van der Waals surface area contributed by atoms with Crippen LogP contribution in [0, 0.1) is 0 Å². The summed E-state index contributed by atoms with van der Waals surface area (Å²) in [5.74, 6) is 4.96. The van der Waals surface area contributed by atoms with Gasteiger partial charge in [-0.05, 0) is 17.7 Å². The van der Waals surface area contributed by atoms with E-state index in [2.05, 4.69) is 4.84 Å². The standard InChI is InChI=1S/C8H10ClNO2/c9-7-3-1-2-6(4-7)8(5-11)12-10/h1-4,8,11H,5,10H2. The lowest BCUT2D eigenvalue weighted by atomic mass is 10.1. The molecule has 1 rings (SSSR count). The first-order valence-corrected chi connectivity index (χ1v) is 3.87. The van der Waals surface area contributed by atoms with Crippen LogP contribution in [0.25, 0.3) is 0 Å². The van der Waals surface area contributed by atoms with E-state index < -0.39 is 6.10 Å². The first-order valence-electron chi connectivity index (χ1n) is 3.49. The molecule has 1 unspecified atom stereocenters. The summed E-state index contributed by atoms with van der Waals surface area (Å²) in [7, 11) is 0. The third kappa shape index (κ3) is 2.19. The lowest BCUT2D eigenvalue weighted by molar-refractivity contribution is 0.0108. The number of hydrogen-bond acceptors (Lipinski definition) is 3. The molecule has 1 aromatic rings. The predicted molar refractivity (Wildman–Crippen MR) is 46.6 cm³/mol. The molecule has 0 heterocycles. The van der Waals surface area contributed by atoms with Crippen LogP contribution in [0.4, 0.5) is 0 Å². The van der Waals surface area contributed by atoms with Crippen molar-refractivity contribution >= 4 is 11.6 Å². The van der Waals surface area contributed by atoms with Crippen LogP contribution >= 0.6 is 11.6 Å². The molecule has 0 bridgehead atoms. The Kier molecular flexibility index (Phi) is 3.49. The summed E-state index contributed by atoms with van der Waals surface area (Å²) < 4.78 is 0. The lowest BCUT2D eigenvalue weighted by Crippen LogP contribution is -2.12. The van der Waals surface area contributed by atoms with E-state index in [1.54, 1.807) is 24.3 Å². The Hall–Kier alpha value is -0.610. The zero-order valence-corrected chi connectivity index (χ0v) is 7.16. The molecule has 12 heavy (non-hydrogen) atoms. The molecule has 1 atom stereocenters. The van der Waals surface area contributed by atoms with Crippen molar-refractivity contribution in [2.75, 3.05) is 6.61 Å². The molecule has 0 spiro atoms. The largest absolute Gasteiger partial charge is 0.393 e. The van der Waals surface area contributed by atoms with E-state index in [1.807, 2.05) is 0 Å². The second-order valence-corrected chi connectivity index (χ2v) is 2.80. The SMILES string of the molecule is NOC(CO)c1cccc(Cl)c1. The van der Waals surface area contributed by atoms with Crippen LogP contribution in [0.3, 0.4) is 0 Å². The van der Waals surface area contributed by atoms with Gasteiger partial charge in [0.25, 0.3) is 0 Å². The molecule has 66 valence electrons. The van der Waals surface area contributed by atoms with Gasteiger partial charge in [0.05, 0.1) is 6.61 Å². The molecule has 0 saturated heterocycles. The Bertz CT molecular complexity index is 251. The third-order valence-corrected chi connectivity index (χ3v) is 1.79. The molecule has 0 aliphatic rings. The van der Waals surface area contributed by atoms with Crippen molar-refractivity contribution in [3.8, 4) is 0 Å². The predicted octanol–water partition coefficient (Wildman–Crippen LogP) is 1.26. The van der Waals surface area contributed by atoms with Crippen molar-refractivity contribution in [3.63, 3.8) is 0 Å². The van der Waals surface area contributed by atoms with Crippen molar-refractivity contribution in [2.24, 2.45) is 5.90 Å². The summed E-state index contributed by atoms with van der Waals surface area (Å²) >= 11 is 5.72. The van der Waals surface area contributed by atoms with Gasteiger partial charge in [-0.2, -0.15) is 0 Å². The second-order valence-electron chi connectivity index (χ2n) is 2.36. The highest BCUT2D eigenvalue weighted by Crippen LogP contribution is 2.18. The average molecular weight is 188 g/mol. The van der Waals surface area contributed by atoms with Crippen molar-refractivity contribution in [3.05, 3.63) is 34.9 Å². The lowest BCUT2D eigenvalue weighted by Gasteiger charge is -2.11. The summed E-state index contributed by atoms with van der Waals surface area (Å²) in [6.45, 7) is -0.156. The number of aliphatic hydroxyl groups excluding tert-OH is 1. The second kappa shape index (κ2) is 4.42. The van der Waals surface area contributed by atoms with Crippen LogP contribution in [0.15, 0.2) is 24.3 Å². The van der Waals surface area contributed by atoms with Crippen LogP contribution in [0.2, 0.25) is 5.02 Å².